The fourth-order valence-electron chi connectivity index (χ4n) is 6.92. The minimum Gasteiger partial charge on any atom is -0.455 e. The molecule has 0 N–H and O–H groups in total. The van der Waals surface area contributed by atoms with Crippen LogP contribution in [0.25, 0.3) is 66.1 Å². The number of benzene rings is 8. The third kappa shape index (κ3) is 4.92. The number of furan rings is 1. The molecule has 0 bridgehead atoms. The second-order valence-electron chi connectivity index (χ2n) is 12.2. The topological polar surface area (TPSA) is 16.4 Å². The number of hydrogen-bond acceptors (Lipinski definition) is 2. The second-order valence-corrected chi connectivity index (χ2v) is 12.2. The first-order chi connectivity index (χ1) is 23.8. The Hall–Kier alpha value is -6.38. The van der Waals surface area contributed by atoms with E-state index < -0.39 is 0 Å². The molecule has 0 fully saturated rings. The van der Waals surface area contributed by atoms with Crippen LogP contribution < -0.4 is 4.90 Å². The van der Waals surface area contributed by atoms with Gasteiger partial charge in [-0.25, -0.2) is 0 Å². The lowest BCUT2D eigenvalue weighted by atomic mass is 9.95. The minimum atomic E-state index is 0.894. The van der Waals surface area contributed by atoms with Crippen LogP contribution in [0.4, 0.5) is 17.1 Å². The fourth-order valence-corrected chi connectivity index (χ4v) is 6.92. The van der Waals surface area contributed by atoms with E-state index >= 15 is 0 Å². The Balaban J connectivity index is 1.11. The van der Waals surface area contributed by atoms with Crippen molar-refractivity contribution in [2.24, 2.45) is 0 Å². The van der Waals surface area contributed by atoms with Gasteiger partial charge in [-0.3, -0.25) is 0 Å². The Morgan fingerprint density at radius 1 is 0.312 bits per heavy atom. The van der Waals surface area contributed by atoms with E-state index in [-0.39, 0.29) is 0 Å². The van der Waals surface area contributed by atoms with E-state index in [4.69, 9.17) is 4.42 Å². The maximum Gasteiger partial charge on any atom is 0.143 e. The molecule has 0 amide bonds. The predicted molar refractivity (Wildman–Crippen MR) is 202 cm³/mol. The molecule has 0 aliphatic rings. The molecule has 0 aliphatic heterocycles. The van der Waals surface area contributed by atoms with E-state index in [0.29, 0.717) is 0 Å². The zero-order chi connectivity index (χ0) is 31.9. The Bertz CT molecular complexity index is 2530. The molecular formula is C46H31NO. The summed E-state index contributed by atoms with van der Waals surface area (Å²) in [5, 5.41) is 4.60. The van der Waals surface area contributed by atoms with E-state index in [1.807, 2.05) is 0 Å². The van der Waals surface area contributed by atoms with Gasteiger partial charge in [0.2, 0.25) is 0 Å². The summed E-state index contributed by atoms with van der Waals surface area (Å²) < 4.78 is 6.64. The van der Waals surface area contributed by atoms with Gasteiger partial charge < -0.3 is 9.32 Å². The summed E-state index contributed by atoms with van der Waals surface area (Å²) in [6.07, 6.45) is 0. The molecule has 0 saturated heterocycles. The number of fused-ring (bicyclic) bond motifs is 5. The number of nitrogens with zero attached hydrogens (tertiary/aromatic N) is 1. The van der Waals surface area contributed by atoms with Crippen LogP contribution in [-0.2, 0) is 0 Å². The molecule has 9 aromatic rings. The lowest BCUT2D eigenvalue weighted by molar-refractivity contribution is 0.673. The van der Waals surface area contributed by atoms with Crippen molar-refractivity contribution in [3.8, 4) is 33.4 Å². The highest BCUT2D eigenvalue weighted by molar-refractivity contribution is 6.19. The van der Waals surface area contributed by atoms with Gasteiger partial charge in [0, 0.05) is 33.2 Å². The normalized spacial score (nSPS) is 11.3. The third-order valence-electron chi connectivity index (χ3n) is 9.25. The van der Waals surface area contributed by atoms with E-state index in [1.165, 1.54) is 27.6 Å². The van der Waals surface area contributed by atoms with Crippen molar-refractivity contribution in [2.45, 2.75) is 0 Å². The summed E-state index contributed by atoms with van der Waals surface area (Å²) >= 11 is 0. The van der Waals surface area contributed by atoms with Gasteiger partial charge in [0.25, 0.3) is 0 Å². The first kappa shape index (κ1) is 27.9. The maximum atomic E-state index is 6.64. The van der Waals surface area contributed by atoms with E-state index in [0.717, 1.165) is 55.5 Å². The van der Waals surface area contributed by atoms with Gasteiger partial charge in [-0.2, -0.15) is 0 Å². The van der Waals surface area contributed by atoms with Gasteiger partial charge in [-0.15, -0.1) is 0 Å². The quantitative estimate of drug-likeness (QED) is 0.185. The molecule has 1 aromatic heterocycles. The molecule has 2 heteroatoms. The molecule has 2 nitrogen and oxygen atoms in total. The molecule has 9 rings (SSSR count). The Morgan fingerprint density at radius 3 is 1.60 bits per heavy atom. The van der Waals surface area contributed by atoms with Gasteiger partial charge in [-0.05, 0) is 93.4 Å². The van der Waals surface area contributed by atoms with Crippen LogP contribution in [0.2, 0.25) is 0 Å². The zero-order valence-electron chi connectivity index (χ0n) is 26.3. The first-order valence-corrected chi connectivity index (χ1v) is 16.3. The van der Waals surface area contributed by atoms with Crippen LogP contribution in [0.5, 0.6) is 0 Å². The van der Waals surface area contributed by atoms with Gasteiger partial charge in [0.15, 0.2) is 0 Å². The molecule has 1 heterocycles. The highest BCUT2D eigenvalue weighted by atomic mass is 16.3. The van der Waals surface area contributed by atoms with E-state index in [2.05, 4.69) is 193 Å². The van der Waals surface area contributed by atoms with Crippen molar-refractivity contribution < 1.29 is 4.42 Å². The molecule has 0 aliphatic carbocycles. The molecule has 48 heavy (non-hydrogen) atoms. The minimum absolute atomic E-state index is 0.894. The van der Waals surface area contributed by atoms with Crippen molar-refractivity contribution in [1.82, 2.24) is 0 Å². The molecule has 0 unspecified atom stereocenters. The number of para-hydroxylation sites is 1. The van der Waals surface area contributed by atoms with Crippen LogP contribution in [0.15, 0.2) is 192 Å². The average Bonchev–Trinajstić information content (AvgIpc) is 3.54. The summed E-state index contributed by atoms with van der Waals surface area (Å²) in [6.45, 7) is 0. The maximum absolute atomic E-state index is 6.64. The summed E-state index contributed by atoms with van der Waals surface area (Å²) in [5.41, 5.74) is 12.2. The number of rotatable bonds is 6. The average molecular weight is 614 g/mol. The van der Waals surface area contributed by atoms with Crippen molar-refractivity contribution in [1.29, 1.82) is 0 Å². The third-order valence-corrected chi connectivity index (χ3v) is 9.25. The van der Waals surface area contributed by atoms with Crippen LogP contribution >= 0.6 is 0 Å². The van der Waals surface area contributed by atoms with Crippen molar-refractivity contribution in [2.75, 3.05) is 4.90 Å². The van der Waals surface area contributed by atoms with Crippen molar-refractivity contribution in [3.63, 3.8) is 0 Å². The SMILES string of the molecule is c1ccc(-c2cccc(N(c3ccccc3)c3ccc(-c4ccc5c(c4)oc4c6ccccc6c(-c6ccccc6)cc54)cc3)c2)cc1. The van der Waals surface area contributed by atoms with E-state index in [1.54, 1.807) is 0 Å². The summed E-state index contributed by atoms with van der Waals surface area (Å²) in [5.74, 6) is 0. The van der Waals surface area contributed by atoms with Gasteiger partial charge in [-0.1, -0.05) is 133 Å². The summed E-state index contributed by atoms with van der Waals surface area (Å²) in [6, 6.07) is 66.7. The molecule has 0 atom stereocenters. The lowest BCUT2D eigenvalue weighted by Crippen LogP contribution is -2.09. The Kier molecular flexibility index (Phi) is 6.84. The number of anilines is 3. The first-order valence-electron chi connectivity index (χ1n) is 16.3. The van der Waals surface area contributed by atoms with Crippen LogP contribution in [-0.4, -0.2) is 0 Å². The summed E-state index contributed by atoms with van der Waals surface area (Å²) in [4.78, 5) is 2.31. The Labute approximate surface area is 279 Å². The van der Waals surface area contributed by atoms with E-state index in [9.17, 15) is 0 Å². The molecule has 226 valence electrons. The Morgan fingerprint density at radius 2 is 0.854 bits per heavy atom. The lowest BCUT2D eigenvalue weighted by Gasteiger charge is -2.26. The highest BCUT2D eigenvalue weighted by Gasteiger charge is 2.17. The van der Waals surface area contributed by atoms with Gasteiger partial charge >= 0.3 is 0 Å². The molecule has 0 spiro atoms. The molecule has 0 radical (unpaired) electrons. The number of hydrogen-bond donors (Lipinski definition) is 0. The highest BCUT2D eigenvalue weighted by Crippen LogP contribution is 2.41. The van der Waals surface area contributed by atoms with Gasteiger partial charge in [0.1, 0.15) is 11.2 Å². The standard InChI is InChI=1S/C46H31NO/c1-4-13-32(14-5-1)35-17-12-20-39(29-35)47(37-18-8-3-9-19-37)38-26-23-33(24-27-38)36-25-28-41-44-31-43(34-15-6-2-7-16-34)40-21-10-11-22-42(40)46(44)48-45(41)30-36/h1-31H. The second kappa shape index (κ2) is 11.8. The van der Waals surface area contributed by atoms with Crippen molar-refractivity contribution >= 4 is 49.8 Å². The monoisotopic (exact) mass is 613 g/mol. The fraction of sp³-hybridized carbons (Fsp3) is 0. The largest absolute Gasteiger partial charge is 0.455 e. The molecular weight excluding hydrogens is 583 g/mol. The molecule has 8 aromatic carbocycles. The van der Waals surface area contributed by atoms with Crippen LogP contribution in [0.1, 0.15) is 0 Å². The predicted octanol–water partition coefficient (Wildman–Crippen LogP) is 13.2. The van der Waals surface area contributed by atoms with Gasteiger partial charge in [0.05, 0.1) is 0 Å². The smallest absolute Gasteiger partial charge is 0.143 e. The van der Waals surface area contributed by atoms with Crippen LogP contribution in [0, 0.1) is 0 Å². The summed E-state index contributed by atoms with van der Waals surface area (Å²) in [7, 11) is 0. The van der Waals surface area contributed by atoms with Crippen molar-refractivity contribution in [3.05, 3.63) is 188 Å². The zero-order valence-corrected chi connectivity index (χ0v) is 26.3. The molecule has 0 saturated carbocycles. The van der Waals surface area contributed by atoms with Crippen LogP contribution in [0.3, 0.4) is 0 Å².